The van der Waals surface area contributed by atoms with Crippen LogP contribution >= 0.6 is 0 Å². The molecule has 0 saturated carbocycles. The number of rotatable bonds is 3. The van der Waals surface area contributed by atoms with E-state index in [1.165, 1.54) is 27.8 Å². The zero-order valence-corrected chi connectivity index (χ0v) is 23.8. The summed E-state index contributed by atoms with van der Waals surface area (Å²) < 4.78 is 6.86. The summed E-state index contributed by atoms with van der Waals surface area (Å²) >= 11 is 0. The highest BCUT2D eigenvalue weighted by atomic mass is 16.5. The second-order valence-corrected chi connectivity index (χ2v) is 11.4. The van der Waals surface area contributed by atoms with E-state index in [0.29, 0.717) is 0 Å². The fourth-order valence-corrected chi connectivity index (χ4v) is 7.20. The summed E-state index contributed by atoms with van der Waals surface area (Å²) in [7, 11) is 0. The van der Waals surface area contributed by atoms with Gasteiger partial charge in [-0.05, 0) is 52.1 Å². The molecule has 0 radical (unpaired) electrons. The Kier molecular flexibility index (Phi) is 5.41. The first kappa shape index (κ1) is 24.8. The van der Waals surface area contributed by atoms with Gasteiger partial charge in [-0.3, -0.25) is 0 Å². The molecule has 9 rings (SSSR count). The minimum Gasteiger partial charge on any atom is -0.456 e. The summed E-state index contributed by atoms with van der Waals surface area (Å²) in [5.41, 5.74) is 12.8. The molecule has 0 N–H and O–H groups in total. The molecule has 3 heteroatoms. The van der Waals surface area contributed by atoms with Gasteiger partial charge in [0.2, 0.25) is 0 Å². The van der Waals surface area contributed by atoms with Crippen LogP contribution in [-0.4, -0.2) is 10.2 Å². The van der Waals surface area contributed by atoms with Crippen LogP contribution in [0.3, 0.4) is 0 Å². The van der Waals surface area contributed by atoms with Gasteiger partial charge in [-0.2, -0.15) is 0 Å². The number of aromatic nitrogens is 2. The van der Waals surface area contributed by atoms with Gasteiger partial charge in [0.05, 0.1) is 16.8 Å². The summed E-state index contributed by atoms with van der Waals surface area (Å²) in [4.78, 5) is 0. The van der Waals surface area contributed by atoms with E-state index in [2.05, 4.69) is 138 Å². The zero-order valence-electron chi connectivity index (χ0n) is 23.8. The van der Waals surface area contributed by atoms with Crippen LogP contribution in [0.2, 0.25) is 0 Å². The largest absolute Gasteiger partial charge is 0.456 e. The molecule has 0 fully saturated rings. The van der Waals surface area contributed by atoms with E-state index in [0.717, 1.165) is 50.7 Å². The van der Waals surface area contributed by atoms with Gasteiger partial charge in [0.15, 0.2) is 0 Å². The van der Waals surface area contributed by atoms with Crippen molar-refractivity contribution < 1.29 is 4.74 Å². The Morgan fingerprint density at radius 1 is 0.386 bits per heavy atom. The predicted octanol–water partition coefficient (Wildman–Crippen LogP) is 9.95. The van der Waals surface area contributed by atoms with Gasteiger partial charge in [0.1, 0.15) is 11.5 Å². The Labute approximate surface area is 256 Å². The van der Waals surface area contributed by atoms with Crippen molar-refractivity contribution in [2.24, 2.45) is 0 Å². The average molecular weight is 563 g/mol. The molecular weight excluding hydrogens is 536 g/mol. The normalized spacial score (nSPS) is 13.4. The maximum absolute atomic E-state index is 6.86. The van der Waals surface area contributed by atoms with Gasteiger partial charge in [-0.25, -0.2) is 0 Å². The van der Waals surface area contributed by atoms with Crippen molar-refractivity contribution in [1.29, 1.82) is 0 Å². The minimum atomic E-state index is -0.482. The summed E-state index contributed by atoms with van der Waals surface area (Å²) in [6.07, 6.45) is 0. The Morgan fingerprint density at radius 2 is 0.909 bits per heavy atom. The fraction of sp³-hybridized carbons (Fsp3) is 0.0244. The van der Waals surface area contributed by atoms with E-state index in [1.54, 1.807) is 0 Å². The number of para-hydroxylation sites is 2. The molecule has 3 nitrogen and oxygen atoms in total. The maximum atomic E-state index is 6.86. The Bertz CT molecular complexity index is 2160. The van der Waals surface area contributed by atoms with Crippen molar-refractivity contribution >= 4 is 0 Å². The number of hydrogen-bond donors (Lipinski definition) is 0. The van der Waals surface area contributed by atoms with E-state index in [4.69, 9.17) is 4.74 Å². The highest BCUT2D eigenvalue weighted by Crippen LogP contribution is 2.63. The number of nitrogens with zero attached hydrogens (tertiary/aromatic N) is 2. The molecule has 2 aliphatic rings. The van der Waals surface area contributed by atoms with Gasteiger partial charge in [0, 0.05) is 27.8 Å². The smallest absolute Gasteiger partial charge is 0.140 e. The van der Waals surface area contributed by atoms with Crippen LogP contribution in [0, 0.1) is 0 Å². The van der Waals surface area contributed by atoms with Crippen LogP contribution in [0.15, 0.2) is 158 Å². The lowest BCUT2D eigenvalue weighted by Gasteiger charge is -2.40. The molecule has 2 heterocycles. The predicted molar refractivity (Wildman–Crippen MR) is 176 cm³/mol. The second kappa shape index (κ2) is 9.62. The van der Waals surface area contributed by atoms with Gasteiger partial charge in [0.25, 0.3) is 0 Å². The molecule has 0 atom stereocenters. The summed E-state index contributed by atoms with van der Waals surface area (Å²) in [5.74, 6) is 1.78. The zero-order chi connectivity index (χ0) is 29.1. The molecule has 0 unspecified atom stereocenters. The molecule has 44 heavy (non-hydrogen) atoms. The molecule has 0 amide bonds. The third-order valence-electron chi connectivity index (χ3n) is 9.08. The Hall–Kier alpha value is -5.80. The number of benzene rings is 6. The van der Waals surface area contributed by atoms with Crippen molar-refractivity contribution in [3.05, 3.63) is 180 Å². The number of fused-ring (bicyclic) bond motifs is 9. The van der Waals surface area contributed by atoms with Gasteiger partial charge >= 0.3 is 0 Å². The van der Waals surface area contributed by atoms with Crippen molar-refractivity contribution in [1.82, 2.24) is 10.2 Å². The highest BCUT2D eigenvalue weighted by molar-refractivity contribution is 5.90. The van der Waals surface area contributed by atoms with E-state index in [9.17, 15) is 0 Å². The molecule has 1 aliphatic carbocycles. The van der Waals surface area contributed by atoms with E-state index >= 15 is 0 Å². The van der Waals surface area contributed by atoms with Crippen LogP contribution in [0.1, 0.15) is 22.3 Å². The van der Waals surface area contributed by atoms with Gasteiger partial charge < -0.3 is 4.74 Å². The molecule has 6 aromatic carbocycles. The molecular formula is C41H26N2O. The monoisotopic (exact) mass is 562 g/mol. The quantitative estimate of drug-likeness (QED) is 0.215. The first-order valence-electron chi connectivity index (χ1n) is 14.9. The molecule has 1 aromatic heterocycles. The van der Waals surface area contributed by atoms with Crippen molar-refractivity contribution in [2.45, 2.75) is 5.41 Å². The van der Waals surface area contributed by atoms with Crippen LogP contribution in [0.25, 0.3) is 44.8 Å². The lowest BCUT2D eigenvalue weighted by Crippen LogP contribution is -2.32. The molecule has 0 saturated heterocycles. The first-order chi connectivity index (χ1) is 21.8. The number of ether oxygens (including phenoxy) is 1. The molecule has 0 bridgehead atoms. The lowest BCUT2D eigenvalue weighted by atomic mass is 9.65. The Balaban J connectivity index is 1.23. The van der Waals surface area contributed by atoms with Crippen LogP contribution in [-0.2, 0) is 5.41 Å². The standard InChI is InChI=1S/C41H26N2O/c1-2-12-27(13-3-1)37-24-25-38(43-42-37)29-15-10-14-28(26-29)30-18-11-22-36-40(30)44-39-23-9-8-21-35(39)41(36)33-19-6-4-16-31(33)32-17-5-7-20-34(32)41/h1-26H. The number of hydrogen-bond acceptors (Lipinski definition) is 3. The summed E-state index contributed by atoms with van der Waals surface area (Å²) in [6.45, 7) is 0. The SMILES string of the molecule is c1ccc(-c2ccc(-c3cccc(-c4cccc5c4Oc4ccccc4C54c5ccccc5-c5ccccc54)c3)nn2)cc1. The van der Waals surface area contributed by atoms with Crippen molar-refractivity contribution in [3.63, 3.8) is 0 Å². The highest BCUT2D eigenvalue weighted by Gasteiger charge is 2.51. The van der Waals surface area contributed by atoms with Crippen LogP contribution in [0.5, 0.6) is 11.5 Å². The van der Waals surface area contributed by atoms with Gasteiger partial charge in [-0.1, -0.05) is 133 Å². The van der Waals surface area contributed by atoms with E-state index in [-0.39, 0.29) is 0 Å². The third kappa shape index (κ3) is 3.50. The topological polar surface area (TPSA) is 35.0 Å². The third-order valence-corrected chi connectivity index (χ3v) is 9.08. The average Bonchev–Trinajstić information content (AvgIpc) is 3.40. The molecule has 206 valence electrons. The lowest BCUT2D eigenvalue weighted by molar-refractivity contribution is 0.438. The van der Waals surface area contributed by atoms with Gasteiger partial charge in [-0.15, -0.1) is 10.2 Å². The molecule has 1 spiro atoms. The fourth-order valence-electron chi connectivity index (χ4n) is 7.20. The van der Waals surface area contributed by atoms with E-state index in [1.807, 2.05) is 30.3 Å². The first-order valence-corrected chi connectivity index (χ1v) is 14.9. The van der Waals surface area contributed by atoms with E-state index < -0.39 is 5.41 Å². The minimum absolute atomic E-state index is 0.482. The molecule has 1 aliphatic heterocycles. The van der Waals surface area contributed by atoms with Crippen LogP contribution in [0.4, 0.5) is 0 Å². The summed E-state index contributed by atoms with van der Waals surface area (Å²) in [6, 6.07) is 55.5. The van der Waals surface area contributed by atoms with Crippen LogP contribution < -0.4 is 4.74 Å². The maximum Gasteiger partial charge on any atom is 0.140 e. The summed E-state index contributed by atoms with van der Waals surface area (Å²) in [5, 5.41) is 9.14. The van der Waals surface area contributed by atoms with Crippen molar-refractivity contribution in [2.75, 3.05) is 0 Å². The Morgan fingerprint density at radius 3 is 1.64 bits per heavy atom. The molecule has 7 aromatic rings. The second-order valence-electron chi connectivity index (χ2n) is 11.4. The van der Waals surface area contributed by atoms with Crippen molar-refractivity contribution in [3.8, 4) is 56.3 Å².